The first kappa shape index (κ1) is 14.0. The number of nitrogens with one attached hydrogen (secondary N) is 2. The Hall–Kier alpha value is -1.06. The van der Waals surface area contributed by atoms with Crippen molar-refractivity contribution in [3.05, 3.63) is 34.9 Å². The van der Waals surface area contributed by atoms with Gasteiger partial charge in [-0.2, -0.15) is 0 Å². The summed E-state index contributed by atoms with van der Waals surface area (Å²) in [6.07, 6.45) is 0. The zero-order chi connectivity index (χ0) is 12.8. The van der Waals surface area contributed by atoms with E-state index >= 15 is 0 Å². The molecule has 1 unspecified atom stereocenters. The maximum Gasteiger partial charge on any atom is 0.234 e. The van der Waals surface area contributed by atoms with Crippen LogP contribution in [0.4, 0.5) is 0 Å². The van der Waals surface area contributed by atoms with E-state index in [2.05, 4.69) is 10.6 Å². The van der Waals surface area contributed by atoms with Crippen LogP contribution in [0.3, 0.4) is 0 Å². The van der Waals surface area contributed by atoms with E-state index in [4.69, 9.17) is 11.6 Å². The lowest BCUT2D eigenvalue weighted by molar-refractivity contribution is -0.121. The Morgan fingerprint density at radius 3 is 2.35 bits per heavy atom. The van der Waals surface area contributed by atoms with Crippen molar-refractivity contribution in [1.29, 1.82) is 0 Å². The van der Waals surface area contributed by atoms with E-state index in [-0.39, 0.29) is 11.9 Å². The number of amides is 1. The van der Waals surface area contributed by atoms with E-state index in [9.17, 15) is 4.79 Å². The van der Waals surface area contributed by atoms with Gasteiger partial charge in [0.05, 0.1) is 12.6 Å². The SMILES string of the molecule is CC(C)NCC(=O)NC(C)c1ccc(Cl)cc1. The van der Waals surface area contributed by atoms with Crippen molar-refractivity contribution in [2.75, 3.05) is 6.54 Å². The molecule has 1 rings (SSSR count). The lowest BCUT2D eigenvalue weighted by Crippen LogP contribution is -2.37. The third-order valence-corrected chi connectivity index (χ3v) is 2.67. The third kappa shape index (κ3) is 5.20. The second-order valence-electron chi connectivity index (χ2n) is 4.38. The van der Waals surface area contributed by atoms with Crippen LogP contribution in [0.15, 0.2) is 24.3 Å². The molecule has 0 aromatic heterocycles. The van der Waals surface area contributed by atoms with Crippen molar-refractivity contribution in [2.45, 2.75) is 32.9 Å². The lowest BCUT2D eigenvalue weighted by atomic mass is 10.1. The summed E-state index contributed by atoms with van der Waals surface area (Å²) in [5.74, 6) is 0.00106. The predicted molar refractivity (Wildman–Crippen MR) is 71.1 cm³/mol. The Kier molecular flexibility index (Phi) is 5.45. The summed E-state index contributed by atoms with van der Waals surface area (Å²) >= 11 is 5.81. The summed E-state index contributed by atoms with van der Waals surface area (Å²) in [4.78, 5) is 11.6. The fraction of sp³-hybridized carbons (Fsp3) is 0.462. The Balaban J connectivity index is 2.46. The minimum Gasteiger partial charge on any atom is -0.348 e. The molecule has 0 radical (unpaired) electrons. The topological polar surface area (TPSA) is 41.1 Å². The Labute approximate surface area is 108 Å². The molecule has 1 amide bonds. The van der Waals surface area contributed by atoms with E-state index in [1.54, 1.807) is 0 Å². The predicted octanol–water partition coefficient (Wildman–Crippen LogP) is 2.52. The molecule has 1 aromatic carbocycles. The van der Waals surface area contributed by atoms with Gasteiger partial charge in [-0.15, -0.1) is 0 Å². The first-order valence-electron chi connectivity index (χ1n) is 5.77. The molecule has 0 fully saturated rings. The van der Waals surface area contributed by atoms with Gasteiger partial charge in [0.15, 0.2) is 0 Å². The van der Waals surface area contributed by atoms with Crippen LogP contribution >= 0.6 is 11.6 Å². The standard InChI is InChI=1S/C13H19ClN2O/c1-9(2)15-8-13(17)16-10(3)11-4-6-12(14)7-5-11/h4-7,9-10,15H,8H2,1-3H3,(H,16,17). The zero-order valence-corrected chi connectivity index (χ0v) is 11.2. The van der Waals surface area contributed by atoms with Gasteiger partial charge in [0, 0.05) is 11.1 Å². The van der Waals surface area contributed by atoms with Crippen LogP contribution in [0.25, 0.3) is 0 Å². The molecule has 2 N–H and O–H groups in total. The largest absolute Gasteiger partial charge is 0.348 e. The van der Waals surface area contributed by atoms with Crippen LogP contribution in [0, 0.1) is 0 Å². The van der Waals surface area contributed by atoms with Gasteiger partial charge in [-0.1, -0.05) is 37.6 Å². The van der Waals surface area contributed by atoms with Gasteiger partial charge < -0.3 is 10.6 Å². The second kappa shape index (κ2) is 6.62. The zero-order valence-electron chi connectivity index (χ0n) is 10.5. The van der Waals surface area contributed by atoms with Gasteiger partial charge in [-0.05, 0) is 24.6 Å². The van der Waals surface area contributed by atoms with Crippen molar-refractivity contribution >= 4 is 17.5 Å². The van der Waals surface area contributed by atoms with Crippen molar-refractivity contribution in [2.24, 2.45) is 0 Å². The maximum atomic E-state index is 11.6. The van der Waals surface area contributed by atoms with Crippen LogP contribution in [0.2, 0.25) is 5.02 Å². The fourth-order valence-corrected chi connectivity index (χ4v) is 1.55. The van der Waals surface area contributed by atoms with Crippen LogP contribution in [0.5, 0.6) is 0 Å². The van der Waals surface area contributed by atoms with E-state index in [0.717, 1.165) is 5.56 Å². The third-order valence-electron chi connectivity index (χ3n) is 2.42. The first-order valence-corrected chi connectivity index (χ1v) is 6.15. The van der Waals surface area contributed by atoms with E-state index in [0.29, 0.717) is 17.6 Å². The van der Waals surface area contributed by atoms with Gasteiger partial charge in [0.1, 0.15) is 0 Å². The average molecular weight is 255 g/mol. The molecule has 94 valence electrons. The Bertz CT molecular complexity index is 362. The highest BCUT2D eigenvalue weighted by molar-refractivity contribution is 6.30. The highest BCUT2D eigenvalue weighted by Crippen LogP contribution is 2.15. The number of rotatable bonds is 5. The summed E-state index contributed by atoms with van der Waals surface area (Å²) in [6, 6.07) is 7.80. The van der Waals surface area contributed by atoms with Crippen molar-refractivity contribution < 1.29 is 4.79 Å². The molecule has 0 aliphatic carbocycles. The van der Waals surface area contributed by atoms with Crippen LogP contribution < -0.4 is 10.6 Å². The number of halogens is 1. The average Bonchev–Trinajstić information content (AvgIpc) is 2.27. The number of hydrogen-bond donors (Lipinski definition) is 2. The molecule has 3 nitrogen and oxygen atoms in total. The molecule has 0 saturated heterocycles. The molecule has 0 bridgehead atoms. The molecule has 0 saturated carbocycles. The minimum absolute atomic E-state index is 0.00106. The molecule has 17 heavy (non-hydrogen) atoms. The lowest BCUT2D eigenvalue weighted by Gasteiger charge is -2.15. The van der Waals surface area contributed by atoms with Crippen LogP contribution in [-0.2, 0) is 4.79 Å². The molecular weight excluding hydrogens is 236 g/mol. The summed E-state index contributed by atoms with van der Waals surface area (Å²) < 4.78 is 0. The fourth-order valence-electron chi connectivity index (χ4n) is 1.42. The van der Waals surface area contributed by atoms with Crippen molar-refractivity contribution in [3.63, 3.8) is 0 Å². The molecule has 1 aromatic rings. The monoisotopic (exact) mass is 254 g/mol. The number of hydrogen-bond acceptors (Lipinski definition) is 2. The smallest absolute Gasteiger partial charge is 0.234 e. The van der Waals surface area contributed by atoms with Gasteiger partial charge in [0.2, 0.25) is 5.91 Å². The summed E-state index contributed by atoms with van der Waals surface area (Å²) in [5.41, 5.74) is 1.05. The normalized spacial score (nSPS) is 12.5. The maximum absolute atomic E-state index is 11.6. The minimum atomic E-state index is -0.00581. The number of carbonyl (C=O) groups excluding carboxylic acids is 1. The highest BCUT2D eigenvalue weighted by Gasteiger charge is 2.09. The van der Waals surface area contributed by atoms with Crippen LogP contribution in [-0.4, -0.2) is 18.5 Å². The number of benzene rings is 1. The molecule has 0 aliphatic rings. The van der Waals surface area contributed by atoms with E-state index < -0.39 is 0 Å². The quantitative estimate of drug-likeness (QED) is 0.848. The highest BCUT2D eigenvalue weighted by atomic mass is 35.5. The van der Waals surface area contributed by atoms with Crippen molar-refractivity contribution in [1.82, 2.24) is 10.6 Å². The molecule has 0 aliphatic heterocycles. The number of carbonyl (C=O) groups is 1. The second-order valence-corrected chi connectivity index (χ2v) is 4.81. The molecule has 1 atom stereocenters. The van der Waals surface area contributed by atoms with Crippen molar-refractivity contribution in [3.8, 4) is 0 Å². The first-order chi connectivity index (χ1) is 7.99. The Morgan fingerprint density at radius 2 is 1.82 bits per heavy atom. The van der Waals surface area contributed by atoms with Gasteiger partial charge in [-0.25, -0.2) is 0 Å². The van der Waals surface area contributed by atoms with Gasteiger partial charge in [0.25, 0.3) is 0 Å². The summed E-state index contributed by atoms with van der Waals surface area (Å²) in [5, 5.41) is 6.71. The summed E-state index contributed by atoms with van der Waals surface area (Å²) in [7, 11) is 0. The summed E-state index contributed by atoms with van der Waals surface area (Å²) in [6.45, 7) is 6.32. The molecule has 0 heterocycles. The van der Waals surface area contributed by atoms with E-state index in [1.807, 2.05) is 45.0 Å². The molecular formula is C13H19ClN2O. The van der Waals surface area contributed by atoms with Gasteiger partial charge >= 0.3 is 0 Å². The molecule has 4 heteroatoms. The molecule has 0 spiro atoms. The van der Waals surface area contributed by atoms with Gasteiger partial charge in [-0.3, -0.25) is 4.79 Å². The van der Waals surface area contributed by atoms with Crippen LogP contribution in [0.1, 0.15) is 32.4 Å². The van der Waals surface area contributed by atoms with E-state index in [1.165, 1.54) is 0 Å². The Morgan fingerprint density at radius 1 is 1.24 bits per heavy atom.